The first kappa shape index (κ1) is 54.7. The normalized spacial score (nSPS) is 14.6. The monoisotopic (exact) mass is 811 g/mol. The standard InChI is InChI=1S/C47H91N2O6P/c1-6-8-10-12-14-16-18-20-21-22-23-24-25-26-27-29-31-33-35-37-39-41-47(51)48-45(44-55-56(52,53)54-43-42-49(3,4)5)46(50)40-38-36-34-32-30-28-19-17-15-13-11-9-7-2/h24-25,30,32,38,40,45-46,50H,6-23,26-29,31,33-37,39,41-44H2,1-5H3,(H-,48,51,52,53)/b25-24-,32-30+,40-38+. The van der Waals surface area contributed by atoms with Crippen LogP contribution in [0.5, 0.6) is 0 Å². The predicted octanol–water partition coefficient (Wildman–Crippen LogP) is 12.5. The van der Waals surface area contributed by atoms with Crippen molar-refractivity contribution in [2.45, 2.75) is 219 Å². The molecule has 3 unspecified atom stereocenters. The summed E-state index contributed by atoms with van der Waals surface area (Å²) in [5.74, 6) is -0.212. The van der Waals surface area contributed by atoms with Gasteiger partial charge in [-0.05, 0) is 57.8 Å². The van der Waals surface area contributed by atoms with Crippen LogP contribution in [0.25, 0.3) is 0 Å². The number of phosphoric acid groups is 1. The van der Waals surface area contributed by atoms with E-state index >= 15 is 0 Å². The Morgan fingerprint density at radius 2 is 1.00 bits per heavy atom. The summed E-state index contributed by atoms with van der Waals surface area (Å²) < 4.78 is 23.2. The van der Waals surface area contributed by atoms with Crippen LogP contribution < -0.4 is 10.2 Å². The number of aliphatic hydroxyl groups excluding tert-OH is 1. The number of phosphoric ester groups is 1. The highest BCUT2D eigenvalue weighted by Gasteiger charge is 2.23. The van der Waals surface area contributed by atoms with Crippen molar-refractivity contribution in [3.8, 4) is 0 Å². The third kappa shape index (κ3) is 40.9. The predicted molar refractivity (Wildman–Crippen MR) is 238 cm³/mol. The average molecular weight is 811 g/mol. The quantitative estimate of drug-likeness (QED) is 0.0275. The van der Waals surface area contributed by atoms with Crippen molar-refractivity contribution >= 4 is 13.7 Å². The second-order valence-electron chi connectivity index (χ2n) is 17.1. The molecule has 0 bridgehead atoms. The molecule has 56 heavy (non-hydrogen) atoms. The molecule has 0 spiro atoms. The second kappa shape index (κ2) is 39.2. The van der Waals surface area contributed by atoms with Gasteiger partial charge in [0.15, 0.2) is 0 Å². The summed E-state index contributed by atoms with van der Waals surface area (Å²) in [4.78, 5) is 25.3. The first-order chi connectivity index (χ1) is 27.0. The molecular weight excluding hydrogens is 719 g/mol. The van der Waals surface area contributed by atoms with Crippen molar-refractivity contribution < 1.29 is 32.9 Å². The van der Waals surface area contributed by atoms with Gasteiger partial charge in [-0.2, -0.15) is 0 Å². The van der Waals surface area contributed by atoms with Gasteiger partial charge in [0.05, 0.1) is 39.9 Å². The number of quaternary nitrogens is 1. The van der Waals surface area contributed by atoms with Gasteiger partial charge in [0.1, 0.15) is 13.2 Å². The summed E-state index contributed by atoms with van der Waals surface area (Å²) in [6.07, 6.45) is 47.7. The van der Waals surface area contributed by atoms with Crippen molar-refractivity contribution in [2.75, 3.05) is 40.9 Å². The Hall–Kier alpha value is -1.28. The first-order valence-corrected chi connectivity index (χ1v) is 24.8. The molecule has 9 heteroatoms. The van der Waals surface area contributed by atoms with Crippen LogP contribution in [0.4, 0.5) is 0 Å². The van der Waals surface area contributed by atoms with Crippen molar-refractivity contribution in [3.05, 3.63) is 36.5 Å². The summed E-state index contributed by atoms with van der Waals surface area (Å²) in [6.45, 7) is 4.61. The van der Waals surface area contributed by atoms with E-state index in [2.05, 4.69) is 43.5 Å². The third-order valence-corrected chi connectivity index (χ3v) is 11.3. The van der Waals surface area contributed by atoms with Gasteiger partial charge in [0, 0.05) is 6.42 Å². The highest BCUT2D eigenvalue weighted by molar-refractivity contribution is 7.45. The number of hydrogen-bond acceptors (Lipinski definition) is 6. The van der Waals surface area contributed by atoms with Gasteiger partial charge in [-0.15, -0.1) is 0 Å². The van der Waals surface area contributed by atoms with Crippen molar-refractivity contribution in [1.29, 1.82) is 0 Å². The molecule has 0 radical (unpaired) electrons. The van der Waals surface area contributed by atoms with Gasteiger partial charge in [-0.3, -0.25) is 9.36 Å². The van der Waals surface area contributed by atoms with E-state index in [4.69, 9.17) is 9.05 Å². The van der Waals surface area contributed by atoms with Crippen LogP contribution >= 0.6 is 7.82 Å². The Balaban J connectivity index is 4.36. The van der Waals surface area contributed by atoms with Crippen LogP contribution in [0.1, 0.15) is 206 Å². The minimum absolute atomic E-state index is 0.00718. The molecular formula is C47H91N2O6P. The Kier molecular flexibility index (Phi) is 38.3. The van der Waals surface area contributed by atoms with E-state index in [1.54, 1.807) is 6.08 Å². The lowest BCUT2D eigenvalue weighted by atomic mass is 10.1. The maximum absolute atomic E-state index is 12.9. The maximum atomic E-state index is 12.9. The molecule has 0 aliphatic heterocycles. The van der Waals surface area contributed by atoms with Crippen molar-refractivity contribution in [1.82, 2.24) is 5.32 Å². The van der Waals surface area contributed by atoms with E-state index in [0.29, 0.717) is 17.4 Å². The van der Waals surface area contributed by atoms with Crippen LogP contribution in [0.3, 0.4) is 0 Å². The average Bonchev–Trinajstić information content (AvgIpc) is 3.15. The van der Waals surface area contributed by atoms with Crippen molar-refractivity contribution in [2.24, 2.45) is 0 Å². The summed E-state index contributed by atoms with van der Waals surface area (Å²) in [5.41, 5.74) is 0. The Labute approximate surface area is 347 Å². The zero-order valence-corrected chi connectivity index (χ0v) is 38.2. The highest BCUT2D eigenvalue weighted by Crippen LogP contribution is 2.38. The summed E-state index contributed by atoms with van der Waals surface area (Å²) >= 11 is 0. The van der Waals surface area contributed by atoms with Gasteiger partial charge in [-0.25, -0.2) is 0 Å². The topological polar surface area (TPSA) is 108 Å². The number of allylic oxidation sites excluding steroid dienone is 5. The molecule has 0 fully saturated rings. The number of likely N-dealkylation sites (N-methyl/N-ethyl adjacent to an activating group) is 1. The fraction of sp³-hybridized carbons (Fsp3) is 0.851. The highest BCUT2D eigenvalue weighted by atomic mass is 31.2. The number of unbranched alkanes of at least 4 members (excludes halogenated alkanes) is 25. The zero-order valence-electron chi connectivity index (χ0n) is 37.3. The van der Waals surface area contributed by atoms with Gasteiger partial charge < -0.3 is 28.8 Å². The minimum atomic E-state index is -4.59. The van der Waals surface area contributed by atoms with Crippen LogP contribution in [0.15, 0.2) is 36.5 Å². The Bertz CT molecular complexity index is 1010. The summed E-state index contributed by atoms with van der Waals surface area (Å²) in [5, 5.41) is 13.7. The minimum Gasteiger partial charge on any atom is -0.756 e. The molecule has 3 atom stereocenters. The molecule has 0 aliphatic rings. The molecule has 0 aromatic rings. The maximum Gasteiger partial charge on any atom is 0.268 e. The SMILES string of the molecule is CCCCCCCCC/C=C/CC/C=C/C(O)C(COP(=O)([O-])OCC[N+](C)(C)C)NC(=O)CCCCCCCCC/C=C\CCCCCCCCCCCC. The van der Waals surface area contributed by atoms with Crippen LogP contribution in [-0.2, 0) is 18.4 Å². The summed E-state index contributed by atoms with van der Waals surface area (Å²) in [7, 11) is 1.24. The fourth-order valence-electron chi connectivity index (χ4n) is 6.57. The molecule has 0 aliphatic carbocycles. The lowest BCUT2D eigenvalue weighted by Crippen LogP contribution is -2.45. The number of nitrogens with one attached hydrogen (secondary N) is 1. The van der Waals surface area contributed by atoms with E-state index in [1.165, 1.54) is 148 Å². The molecule has 0 saturated carbocycles. The van der Waals surface area contributed by atoms with Gasteiger partial charge >= 0.3 is 0 Å². The molecule has 0 aromatic carbocycles. The molecule has 8 nitrogen and oxygen atoms in total. The number of carbonyl (C=O) groups excluding carboxylic acids is 1. The third-order valence-electron chi connectivity index (χ3n) is 10.3. The van der Waals surface area contributed by atoms with E-state index in [1.807, 2.05) is 27.2 Å². The molecule has 0 aromatic heterocycles. The molecule has 0 saturated heterocycles. The molecule has 1 amide bonds. The van der Waals surface area contributed by atoms with E-state index in [9.17, 15) is 19.4 Å². The lowest BCUT2D eigenvalue weighted by molar-refractivity contribution is -0.870. The lowest BCUT2D eigenvalue weighted by Gasteiger charge is -2.29. The molecule has 2 N–H and O–H groups in total. The smallest absolute Gasteiger partial charge is 0.268 e. The number of aliphatic hydroxyl groups is 1. The van der Waals surface area contributed by atoms with Crippen LogP contribution in [0.2, 0.25) is 0 Å². The first-order valence-electron chi connectivity index (χ1n) is 23.4. The number of rotatable bonds is 42. The Morgan fingerprint density at radius 3 is 1.45 bits per heavy atom. The zero-order chi connectivity index (χ0) is 41.4. The largest absolute Gasteiger partial charge is 0.756 e. The summed E-state index contributed by atoms with van der Waals surface area (Å²) in [6, 6.07) is -0.903. The van der Waals surface area contributed by atoms with E-state index in [-0.39, 0.29) is 12.5 Å². The van der Waals surface area contributed by atoms with Crippen LogP contribution in [0, 0.1) is 0 Å². The van der Waals surface area contributed by atoms with E-state index < -0.39 is 26.6 Å². The van der Waals surface area contributed by atoms with Gasteiger partial charge in [-0.1, -0.05) is 179 Å². The molecule has 0 rings (SSSR count). The van der Waals surface area contributed by atoms with Crippen LogP contribution in [-0.4, -0.2) is 68.5 Å². The Morgan fingerprint density at radius 1 is 0.607 bits per heavy atom. The number of hydrogen-bond donors (Lipinski definition) is 2. The van der Waals surface area contributed by atoms with Gasteiger partial charge in [0.2, 0.25) is 5.91 Å². The number of amides is 1. The fourth-order valence-corrected chi connectivity index (χ4v) is 7.30. The number of nitrogens with zero attached hydrogens (tertiary/aromatic N) is 1. The van der Waals surface area contributed by atoms with E-state index in [0.717, 1.165) is 38.5 Å². The second-order valence-corrected chi connectivity index (χ2v) is 18.5. The molecule has 0 heterocycles. The van der Waals surface area contributed by atoms with Gasteiger partial charge in [0.25, 0.3) is 7.82 Å². The molecule has 330 valence electrons. The van der Waals surface area contributed by atoms with Crippen molar-refractivity contribution in [3.63, 3.8) is 0 Å². The number of carbonyl (C=O) groups is 1.